The Labute approximate surface area is 156 Å². The summed E-state index contributed by atoms with van der Waals surface area (Å²) in [4.78, 5) is 7.87. The Morgan fingerprint density at radius 3 is 2.62 bits per heavy atom. The molecule has 0 radical (unpaired) electrons. The Morgan fingerprint density at radius 2 is 1.96 bits per heavy atom. The third kappa shape index (κ3) is 3.35. The molecule has 1 aliphatic heterocycles. The maximum atomic E-state index is 13.1. The monoisotopic (exact) mass is 373 g/mol. The van der Waals surface area contributed by atoms with E-state index < -0.39 is 14.8 Å². The number of nitrogens with one attached hydrogen (secondary N) is 1. The van der Waals surface area contributed by atoms with Crippen LogP contribution < -0.4 is 0 Å². The van der Waals surface area contributed by atoms with Gasteiger partial charge in [-0.05, 0) is 39.2 Å². The zero-order valence-electron chi connectivity index (χ0n) is 15.7. The Balaban J connectivity index is 1.94. The number of hydrogen-bond donors (Lipinski definition) is 1. The van der Waals surface area contributed by atoms with E-state index in [0.717, 1.165) is 30.5 Å². The van der Waals surface area contributed by atoms with Gasteiger partial charge in [-0.15, -0.1) is 6.58 Å². The Bertz CT molecular complexity index is 882. The molecule has 1 fully saturated rings. The number of imidazole rings is 1. The minimum atomic E-state index is -3.51. The zero-order chi connectivity index (χ0) is 18.9. The second kappa shape index (κ2) is 7.00. The average molecular weight is 374 g/mol. The Morgan fingerprint density at radius 1 is 1.27 bits per heavy atom. The first-order valence-corrected chi connectivity index (χ1v) is 10.5. The molecule has 1 saturated heterocycles. The van der Waals surface area contributed by atoms with Crippen molar-refractivity contribution in [2.75, 3.05) is 6.54 Å². The highest BCUT2D eigenvalue weighted by atomic mass is 32.2. The van der Waals surface area contributed by atoms with Gasteiger partial charge in [0.15, 0.2) is 0 Å². The number of aromatic amines is 1. The van der Waals surface area contributed by atoms with Crippen LogP contribution in [0.25, 0.3) is 11.3 Å². The van der Waals surface area contributed by atoms with Gasteiger partial charge >= 0.3 is 0 Å². The number of aromatic nitrogens is 2. The molecule has 1 aliphatic rings. The van der Waals surface area contributed by atoms with Crippen molar-refractivity contribution in [1.29, 1.82) is 0 Å². The van der Waals surface area contributed by atoms with Crippen molar-refractivity contribution in [3.63, 3.8) is 0 Å². The van der Waals surface area contributed by atoms with E-state index in [-0.39, 0.29) is 6.04 Å². The van der Waals surface area contributed by atoms with Crippen molar-refractivity contribution in [3.8, 4) is 11.3 Å². The molecule has 0 saturated carbocycles. The van der Waals surface area contributed by atoms with E-state index in [1.807, 2.05) is 19.1 Å². The van der Waals surface area contributed by atoms with Gasteiger partial charge in [0.05, 0.1) is 22.7 Å². The molecule has 0 aliphatic carbocycles. The minimum Gasteiger partial charge on any atom is -0.341 e. The fourth-order valence-electron chi connectivity index (χ4n) is 3.26. The number of benzene rings is 1. The summed E-state index contributed by atoms with van der Waals surface area (Å²) in [7, 11) is -3.51. The van der Waals surface area contributed by atoms with Crippen molar-refractivity contribution >= 4 is 10.0 Å². The number of sulfonamides is 1. The van der Waals surface area contributed by atoms with E-state index in [1.54, 1.807) is 24.3 Å². The summed E-state index contributed by atoms with van der Waals surface area (Å²) in [6, 6.07) is 7.94. The summed E-state index contributed by atoms with van der Waals surface area (Å²) < 4.78 is 26.9. The van der Waals surface area contributed by atoms with Gasteiger partial charge in [-0.1, -0.05) is 42.3 Å². The van der Waals surface area contributed by atoms with Crippen LogP contribution in [0.3, 0.4) is 0 Å². The van der Waals surface area contributed by atoms with Crippen LogP contribution >= 0.6 is 0 Å². The molecule has 1 aromatic carbocycles. The van der Waals surface area contributed by atoms with Crippen molar-refractivity contribution in [1.82, 2.24) is 14.3 Å². The van der Waals surface area contributed by atoms with Gasteiger partial charge in [-0.3, -0.25) is 0 Å². The number of rotatable bonds is 5. The predicted octanol–water partition coefficient (Wildman–Crippen LogP) is 4.21. The molecule has 140 valence electrons. The maximum Gasteiger partial charge on any atom is 0.223 e. The predicted molar refractivity (Wildman–Crippen MR) is 105 cm³/mol. The highest BCUT2D eigenvalue weighted by Gasteiger charge is 2.42. The standard InChI is InChI=1S/C20H27N3O2S/c1-5-20(3,4)26(24,25)23-13-7-6-8-18(23)19-21-14-17(22-19)16-11-9-15(2)10-12-16/h5,9-12,14,18H,1,6-8,13H2,2-4H3,(H,21,22). The minimum absolute atomic E-state index is 0.257. The first-order chi connectivity index (χ1) is 12.3. The fourth-order valence-corrected chi connectivity index (χ4v) is 4.98. The van der Waals surface area contributed by atoms with Gasteiger partial charge in [-0.2, -0.15) is 4.31 Å². The normalized spacial score (nSPS) is 19.4. The van der Waals surface area contributed by atoms with Crippen molar-refractivity contribution < 1.29 is 8.42 Å². The van der Waals surface area contributed by atoms with Gasteiger partial charge in [0.25, 0.3) is 0 Å². The summed E-state index contributed by atoms with van der Waals surface area (Å²) in [5.41, 5.74) is 3.15. The average Bonchev–Trinajstić information content (AvgIpc) is 3.12. The molecular formula is C20H27N3O2S. The topological polar surface area (TPSA) is 66.1 Å². The number of piperidine rings is 1. The van der Waals surface area contributed by atoms with E-state index in [4.69, 9.17) is 0 Å². The molecule has 26 heavy (non-hydrogen) atoms. The lowest BCUT2D eigenvalue weighted by Gasteiger charge is -2.38. The molecule has 3 rings (SSSR count). The molecule has 0 bridgehead atoms. The second-order valence-corrected chi connectivity index (χ2v) is 9.95. The van der Waals surface area contributed by atoms with Gasteiger partial charge < -0.3 is 4.98 Å². The summed E-state index contributed by atoms with van der Waals surface area (Å²) in [6.45, 7) is 9.67. The van der Waals surface area contributed by atoms with E-state index in [9.17, 15) is 8.42 Å². The lowest BCUT2D eigenvalue weighted by atomic mass is 10.0. The smallest absolute Gasteiger partial charge is 0.223 e. The fraction of sp³-hybridized carbons (Fsp3) is 0.450. The number of H-pyrrole nitrogens is 1. The summed E-state index contributed by atoms with van der Waals surface area (Å²) >= 11 is 0. The molecule has 0 amide bonds. The van der Waals surface area contributed by atoms with E-state index in [1.165, 1.54) is 11.6 Å². The summed E-state index contributed by atoms with van der Waals surface area (Å²) in [5, 5.41) is 0. The Kier molecular flexibility index (Phi) is 5.08. The van der Waals surface area contributed by atoms with Crippen molar-refractivity contribution in [2.24, 2.45) is 0 Å². The molecular weight excluding hydrogens is 346 g/mol. The van der Waals surface area contributed by atoms with Crippen LogP contribution in [0.4, 0.5) is 0 Å². The largest absolute Gasteiger partial charge is 0.341 e. The second-order valence-electron chi connectivity index (χ2n) is 7.48. The van der Waals surface area contributed by atoms with Gasteiger partial charge in [-0.25, -0.2) is 13.4 Å². The lowest BCUT2D eigenvalue weighted by Crippen LogP contribution is -2.47. The van der Waals surface area contributed by atoms with Gasteiger partial charge in [0.2, 0.25) is 10.0 Å². The lowest BCUT2D eigenvalue weighted by molar-refractivity contribution is 0.243. The van der Waals surface area contributed by atoms with Gasteiger partial charge in [0.1, 0.15) is 5.82 Å². The molecule has 2 aromatic rings. The zero-order valence-corrected chi connectivity index (χ0v) is 16.5. The molecule has 1 unspecified atom stereocenters. The van der Waals surface area contributed by atoms with Gasteiger partial charge in [0, 0.05) is 6.54 Å². The quantitative estimate of drug-likeness (QED) is 0.799. The van der Waals surface area contributed by atoms with Crippen LogP contribution in [0.5, 0.6) is 0 Å². The summed E-state index contributed by atoms with van der Waals surface area (Å²) in [6.07, 6.45) is 5.93. The molecule has 1 aromatic heterocycles. The summed E-state index contributed by atoms with van der Waals surface area (Å²) in [5.74, 6) is 0.712. The molecule has 2 heterocycles. The third-order valence-corrected chi connectivity index (χ3v) is 7.74. The molecule has 6 heteroatoms. The molecule has 0 spiro atoms. The number of aryl methyl sites for hydroxylation is 1. The van der Waals surface area contributed by atoms with E-state index in [2.05, 4.69) is 28.7 Å². The van der Waals surface area contributed by atoms with Crippen LogP contribution in [0.15, 0.2) is 43.1 Å². The number of hydrogen-bond acceptors (Lipinski definition) is 3. The van der Waals surface area contributed by atoms with Crippen LogP contribution in [0, 0.1) is 6.92 Å². The maximum absolute atomic E-state index is 13.1. The van der Waals surface area contributed by atoms with Crippen LogP contribution in [0.1, 0.15) is 50.5 Å². The van der Waals surface area contributed by atoms with Crippen LogP contribution in [-0.2, 0) is 10.0 Å². The highest BCUT2D eigenvalue weighted by Crippen LogP contribution is 2.36. The van der Waals surface area contributed by atoms with Crippen LogP contribution in [-0.4, -0.2) is 34.0 Å². The first-order valence-electron chi connectivity index (χ1n) is 9.03. The van der Waals surface area contributed by atoms with Crippen LogP contribution in [0.2, 0.25) is 0 Å². The SMILES string of the molecule is C=CC(C)(C)S(=O)(=O)N1CCCCC1c1ncc(-c2ccc(C)cc2)[nH]1. The third-order valence-electron chi connectivity index (χ3n) is 5.19. The first kappa shape index (κ1) is 18.9. The van der Waals surface area contributed by atoms with Crippen molar-refractivity contribution in [2.45, 2.75) is 50.8 Å². The van der Waals surface area contributed by atoms with E-state index >= 15 is 0 Å². The Hall–Kier alpha value is -1.92. The molecule has 5 nitrogen and oxygen atoms in total. The van der Waals surface area contributed by atoms with E-state index in [0.29, 0.717) is 12.4 Å². The van der Waals surface area contributed by atoms with Crippen molar-refractivity contribution in [3.05, 3.63) is 54.5 Å². The molecule has 1 N–H and O–H groups in total. The number of nitrogens with zero attached hydrogens (tertiary/aromatic N) is 2. The molecule has 1 atom stereocenters. The highest BCUT2D eigenvalue weighted by molar-refractivity contribution is 7.90.